The quantitative estimate of drug-likeness (QED) is 0.842. The number of benzene rings is 1. The van der Waals surface area contributed by atoms with Crippen molar-refractivity contribution >= 4 is 29.0 Å². The van der Waals surface area contributed by atoms with Crippen LogP contribution >= 0.6 is 23.1 Å². The number of nitrogens with one attached hydrogen (secondary N) is 1. The predicted octanol–water partition coefficient (Wildman–Crippen LogP) is 3.99. The van der Waals surface area contributed by atoms with Crippen molar-refractivity contribution in [3.8, 4) is 0 Å². The molecule has 1 aliphatic carbocycles. The van der Waals surface area contributed by atoms with Gasteiger partial charge in [0.1, 0.15) is 4.34 Å². The molecular formula is C17H20N2OS2. The molecule has 1 amide bonds. The molecule has 1 aromatic heterocycles. The van der Waals surface area contributed by atoms with E-state index < -0.39 is 0 Å². The van der Waals surface area contributed by atoms with Crippen LogP contribution in [-0.4, -0.2) is 16.6 Å². The van der Waals surface area contributed by atoms with Gasteiger partial charge in [0.2, 0.25) is 5.91 Å². The van der Waals surface area contributed by atoms with Gasteiger partial charge in [-0.05, 0) is 36.1 Å². The van der Waals surface area contributed by atoms with Crippen molar-refractivity contribution in [1.29, 1.82) is 0 Å². The highest BCUT2D eigenvalue weighted by molar-refractivity contribution is 8.00. The van der Waals surface area contributed by atoms with Gasteiger partial charge in [0.15, 0.2) is 0 Å². The third-order valence-corrected chi connectivity index (χ3v) is 5.80. The molecule has 3 rings (SSSR count). The molecule has 116 valence electrons. The molecule has 0 radical (unpaired) electrons. The van der Waals surface area contributed by atoms with Crippen LogP contribution in [0.15, 0.2) is 34.0 Å². The summed E-state index contributed by atoms with van der Waals surface area (Å²) in [6.07, 6.45) is 3.65. The lowest BCUT2D eigenvalue weighted by molar-refractivity contribution is -0.121. The van der Waals surface area contributed by atoms with E-state index in [1.165, 1.54) is 11.1 Å². The monoisotopic (exact) mass is 332 g/mol. The van der Waals surface area contributed by atoms with E-state index in [0.717, 1.165) is 35.0 Å². The molecule has 22 heavy (non-hydrogen) atoms. The summed E-state index contributed by atoms with van der Waals surface area (Å²) in [6, 6.07) is 8.59. The zero-order chi connectivity index (χ0) is 15.4. The zero-order valence-electron chi connectivity index (χ0n) is 12.7. The van der Waals surface area contributed by atoms with Gasteiger partial charge >= 0.3 is 0 Å². The number of carbonyl (C=O) groups is 1. The second-order valence-corrected chi connectivity index (χ2v) is 7.79. The minimum Gasteiger partial charge on any atom is -0.349 e. The fraction of sp³-hybridized carbons (Fsp3) is 0.412. The van der Waals surface area contributed by atoms with Gasteiger partial charge in [-0.15, -0.1) is 11.3 Å². The van der Waals surface area contributed by atoms with Gasteiger partial charge in [0.25, 0.3) is 0 Å². The summed E-state index contributed by atoms with van der Waals surface area (Å²) < 4.78 is 1.05. The van der Waals surface area contributed by atoms with Crippen LogP contribution in [0.3, 0.4) is 0 Å². The highest BCUT2D eigenvalue weighted by Crippen LogP contribution is 2.29. The molecule has 1 heterocycles. The smallest absolute Gasteiger partial charge is 0.226 e. The first-order chi connectivity index (χ1) is 10.8. The predicted molar refractivity (Wildman–Crippen MR) is 92.5 cm³/mol. The second kappa shape index (κ2) is 7.29. The molecule has 1 N–H and O–H groups in total. The number of hydrogen-bond acceptors (Lipinski definition) is 4. The molecule has 0 bridgehead atoms. The fourth-order valence-corrected chi connectivity index (χ4v) is 4.61. The van der Waals surface area contributed by atoms with E-state index in [0.29, 0.717) is 6.42 Å². The zero-order valence-corrected chi connectivity index (χ0v) is 14.3. The largest absolute Gasteiger partial charge is 0.349 e. The summed E-state index contributed by atoms with van der Waals surface area (Å²) in [7, 11) is 0. The van der Waals surface area contributed by atoms with Gasteiger partial charge in [-0.2, -0.15) is 0 Å². The van der Waals surface area contributed by atoms with E-state index in [2.05, 4.69) is 41.5 Å². The van der Waals surface area contributed by atoms with Crippen LogP contribution in [0, 0.1) is 0 Å². The number of rotatable bonds is 5. The Kier molecular flexibility index (Phi) is 5.16. The molecular weight excluding hydrogens is 312 g/mol. The maximum Gasteiger partial charge on any atom is 0.226 e. The molecule has 2 aromatic rings. The average Bonchev–Trinajstić information content (AvgIpc) is 2.95. The molecule has 0 unspecified atom stereocenters. The van der Waals surface area contributed by atoms with Crippen molar-refractivity contribution in [3.63, 3.8) is 0 Å². The Morgan fingerprint density at radius 1 is 1.45 bits per heavy atom. The van der Waals surface area contributed by atoms with Gasteiger partial charge in [-0.1, -0.05) is 43.0 Å². The number of carbonyl (C=O) groups excluding carboxylic acids is 1. The van der Waals surface area contributed by atoms with Gasteiger partial charge in [-0.3, -0.25) is 4.79 Å². The Hall–Kier alpha value is -1.33. The van der Waals surface area contributed by atoms with Gasteiger partial charge in [-0.25, -0.2) is 4.98 Å². The van der Waals surface area contributed by atoms with Crippen LogP contribution in [0.2, 0.25) is 0 Å². The number of amides is 1. The second-order valence-electron chi connectivity index (χ2n) is 5.43. The van der Waals surface area contributed by atoms with Crippen molar-refractivity contribution < 1.29 is 4.79 Å². The molecule has 1 aliphatic rings. The van der Waals surface area contributed by atoms with Crippen LogP contribution in [0.25, 0.3) is 0 Å². The number of thiazole rings is 1. The van der Waals surface area contributed by atoms with Crippen LogP contribution in [0.4, 0.5) is 0 Å². The molecule has 0 saturated carbocycles. The topological polar surface area (TPSA) is 42.0 Å². The maximum atomic E-state index is 12.3. The van der Waals surface area contributed by atoms with Gasteiger partial charge < -0.3 is 5.32 Å². The van der Waals surface area contributed by atoms with Gasteiger partial charge in [0.05, 0.1) is 18.2 Å². The number of nitrogens with zero attached hydrogens (tertiary/aromatic N) is 1. The van der Waals surface area contributed by atoms with Crippen molar-refractivity contribution in [2.24, 2.45) is 0 Å². The van der Waals surface area contributed by atoms with Crippen LogP contribution in [0.5, 0.6) is 0 Å². The van der Waals surface area contributed by atoms with Crippen molar-refractivity contribution in [2.45, 2.75) is 43.0 Å². The average molecular weight is 332 g/mol. The van der Waals surface area contributed by atoms with E-state index in [1.54, 1.807) is 23.1 Å². The lowest BCUT2D eigenvalue weighted by Crippen LogP contribution is -2.32. The molecule has 1 aromatic carbocycles. The van der Waals surface area contributed by atoms with E-state index >= 15 is 0 Å². The minimum absolute atomic E-state index is 0.0695. The molecule has 0 fully saturated rings. The van der Waals surface area contributed by atoms with E-state index in [9.17, 15) is 4.79 Å². The number of aromatic nitrogens is 1. The van der Waals surface area contributed by atoms with Crippen molar-refractivity contribution in [3.05, 3.63) is 46.5 Å². The first-order valence-corrected chi connectivity index (χ1v) is 9.57. The first kappa shape index (κ1) is 15.6. The number of aryl methyl sites for hydroxylation is 1. The Bertz CT molecular complexity index is 654. The summed E-state index contributed by atoms with van der Waals surface area (Å²) in [4.78, 5) is 16.8. The number of thioether (sulfide) groups is 1. The van der Waals surface area contributed by atoms with Crippen LogP contribution < -0.4 is 5.32 Å². The number of fused-ring (bicyclic) bond motifs is 1. The van der Waals surface area contributed by atoms with E-state index in [4.69, 9.17) is 0 Å². The summed E-state index contributed by atoms with van der Waals surface area (Å²) in [5.41, 5.74) is 3.53. The fourth-order valence-electron chi connectivity index (χ4n) is 2.87. The van der Waals surface area contributed by atoms with Crippen LogP contribution in [-0.2, 0) is 17.6 Å². The molecule has 0 aliphatic heterocycles. The molecule has 0 saturated heterocycles. The van der Waals surface area contributed by atoms with Crippen molar-refractivity contribution in [2.75, 3.05) is 5.75 Å². The highest BCUT2D eigenvalue weighted by Gasteiger charge is 2.21. The van der Waals surface area contributed by atoms with Gasteiger partial charge in [0, 0.05) is 5.38 Å². The summed E-state index contributed by atoms with van der Waals surface area (Å²) in [5.74, 6) is 1.08. The molecule has 3 nitrogen and oxygen atoms in total. The molecule has 5 heteroatoms. The Morgan fingerprint density at radius 3 is 3.18 bits per heavy atom. The van der Waals surface area contributed by atoms with Crippen molar-refractivity contribution in [1.82, 2.24) is 10.3 Å². The third kappa shape index (κ3) is 3.70. The minimum atomic E-state index is 0.0695. The van der Waals surface area contributed by atoms with E-state index in [-0.39, 0.29) is 11.9 Å². The highest BCUT2D eigenvalue weighted by atomic mass is 32.2. The Labute approximate surface area is 139 Å². The van der Waals surface area contributed by atoms with E-state index in [1.807, 2.05) is 5.38 Å². The lowest BCUT2D eigenvalue weighted by atomic mass is 9.87. The SMILES string of the molecule is CCSc1nc(CC(=O)N[C@@H]2CCCc3ccccc32)cs1. The first-order valence-electron chi connectivity index (χ1n) is 7.70. The summed E-state index contributed by atoms with van der Waals surface area (Å²) in [5, 5.41) is 5.18. The summed E-state index contributed by atoms with van der Waals surface area (Å²) in [6.45, 7) is 2.11. The maximum absolute atomic E-state index is 12.3. The van der Waals surface area contributed by atoms with Crippen LogP contribution in [0.1, 0.15) is 42.6 Å². The Morgan fingerprint density at radius 2 is 2.32 bits per heavy atom. The lowest BCUT2D eigenvalue weighted by Gasteiger charge is -2.26. The number of hydrogen-bond donors (Lipinski definition) is 1. The Balaban J connectivity index is 1.62. The molecule has 0 spiro atoms. The standard InChI is InChI=1S/C17H20N2OS2/c1-2-21-17-18-13(11-22-17)10-16(20)19-15-9-5-7-12-6-3-4-8-14(12)15/h3-4,6,8,11,15H,2,5,7,9-10H2,1H3,(H,19,20)/t15-/m1/s1. The normalized spacial score (nSPS) is 17.0. The summed E-state index contributed by atoms with van der Waals surface area (Å²) >= 11 is 3.35. The molecule has 1 atom stereocenters. The third-order valence-electron chi connectivity index (χ3n) is 3.84.